The van der Waals surface area contributed by atoms with Crippen LogP contribution in [0.5, 0.6) is 5.75 Å². The number of methoxy groups -OCH3 is 1. The summed E-state index contributed by atoms with van der Waals surface area (Å²) in [5, 5.41) is 3.56. The quantitative estimate of drug-likeness (QED) is 0.841. The van der Waals surface area contributed by atoms with Gasteiger partial charge in [-0.15, -0.1) is 0 Å². The number of hydrogen-bond donors (Lipinski definition) is 1. The molecule has 1 N–H and O–H groups in total. The zero-order valence-electron chi connectivity index (χ0n) is 11.5. The van der Waals surface area contributed by atoms with Crippen LogP contribution >= 0.6 is 0 Å². The Morgan fingerprint density at radius 2 is 2.28 bits per heavy atom. The third-order valence-electron chi connectivity index (χ3n) is 3.53. The van der Waals surface area contributed by atoms with Crippen molar-refractivity contribution in [3.63, 3.8) is 0 Å². The van der Waals surface area contributed by atoms with E-state index >= 15 is 0 Å². The summed E-state index contributed by atoms with van der Waals surface area (Å²) in [6.45, 7) is 6.10. The fourth-order valence-electron chi connectivity index (χ4n) is 2.39. The average Bonchev–Trinajstić information content (AvgIpc) is 2.86. The fraction of sp³-hybridized carbons (Fsp3) is 0.600. The summed E-state index contributed by atoms with van der Waals surface area (Å²) >= 11 is 0. The summed E-state index contributed by atoms with van der Waals surface area (Å²) in [6, 6.07) is 6.74. The predicted molar refractivity (Wildman–Crippen MR) is 73.1 cm³/mol. The first-order valence-corrected chi connectivity index (χ1v) is 6.78. The van der Waals surface area contributed by atoms with E-state index in [9.17, 15) is 0 Å². The predicted octanol–water partition coefficient (Wildman–Crippen LogP) is 2.70. The van der Waals surface area contributed by atoms with Gasteiger partial charge in [-0.3, -0.25) is 0 Å². The monoisotopic (exact) mass is 249 g/mol. The molecule has 3 heteroatoms. The van der Waals surface area contributed by atoms with Gasteiger partial charge in [-0.1, -0.05) is 19.1 Å². The lowest BCUT2D eigenvalue weighted by molar-refractivity contribution is 0.0830. The van der Waals surface area contributed by atoms with Crippen LogP contribution < -0.4 is 10.1 Å². The van der Waals surface area contributed by atoms with Crippen LogP contribution in [0.1, 0.15) is 37.4 Å². The first kappa shape index (κ1) is 13.4. The second-order valence-electron chi connectivity index (χ2n) is 4.84. The Bertz CT molecular complexity index is 392. The standard InChI is InChI=1S/C15H23NO2/c1-4-8-16-15(11(2)17-3)13-5-6-14-12(10-13)7-9-18-14/h5-6,10-11,15-16H,4,7-9H2,1-3H3. The van der Waals surface area contributed by atoms with Crippen LogP contribution in [-0.2, 0) is 11.2 Å². The van der Waals surface area contributed by atoms with E-state index in [1.54, 1.807) is 7.11 Å². The fourth-order valence-corrected chi connectivity index (χ4v) is 2.39. The third kappa shape index (κ3) is 2.85. The van der Waals surface area contributed by atoms with Crippen molar-refractivity contribution in [2.24, 2.45) is 0 Å². The van der Waals surface area contributed by atoms with Gasteiger partial charge in [0.1, 0.15) is 5.75 Å². The molecule has 0 fully saturated rings. The number of rotatable bonds is 6. The van der Waals surface area contributed by atoms with Gasteiger partial charge in [0.25, 0.3) is 0 Å². The molecule has 0 spiro atoms. The van der Waals surface area contributed by atoms with Gasteiger partial charge in [-0.25, -0.2) is 0 Å². The molecule has 0 bridgehead atoms. The van der Waals surface area contributed by atoms with Crippen molar-refractivity contribution in [1.82, 2.24) is 5.32 Å². The molecule has 0 radical (unpaired) electrons. The molecule has 1 aliphatic heterocycles. The number of fused-ring (bicyclic) bond motifs is 1. The van der Waals surface area contributed by atoms with Crippen LogP contribution in [0.25, 0.3) is 0 Å². The average molecular weight is 249 g/mol. The summed E-state index contributed by atoms with van der Waals surface area (Å²) in [7, 11) is 1.77. The number of nitrogens with one attached hydrogen (secondary N) is 1. The summed E-state index contributed by atoms with van der Waals surface area (Å²) < 4.78 is 11.0. The second-order valence-corrected chi connectivity index (χ2v) is 4.84. The Morgan fingerprint density at radius 3 is 3.00 bits per heavy atom. The summed E-state index contributed by atoms with van der Waals surface area (Å²) in [4.78, 5) is 0. The van der Waals surface area contributed by atoms with Gasteiger partial charge in [-0.2, -0.15) is 0 Å². The molecule has 0 saturated carbocycles. The minimum atomic E-state index is 0.164. The van der Waals surface area contributed by atoms with Crippen molar-refractivity contribution >= 4 is 0 Å². The van der Waals surface area contributed by atoms with Crippen molar-refractivity contribution in [1.29, 1.82) is 0 Å². The van der Waals surface area contributed by atoms with Gasteiger partial charge in [0.15, 0.2) is 0 Å². The van der Waals surface area contributed by atoms with E-state index in [2.05, 4.69) is 37.4 Å². The van der Waals surface area contributed by atoms with E-state index in [1.807, 2.05) is 0 Å². The molecule has 0 aromatic heterocycles. The molecule has 2 unspecified atom stereocenters. The molecular formula is C15H23NO2. The van der Waals surface area contributed by atoms with E-state index in [1.165, 1.54) is 11.1 Å². The molecule has 100 valence electrons. The summed E-state index contributed by atoms with van der Waals surface area (Å²) in [5.74, 6) is 1.04. The van der Waals surface area contributed by atoms with Crippen molar-refractivity contribution in [2.45, 2.75) is 38.8 Å². The molecule has 2 rings (SSSR count). The summed E-state index contributed by atoms with van der Waals surface area (Å²) in [6.07, 6.45) is 2.31. The highest BCUT2D eigenvalue weighted by Crippen LogP contribution is 2.29. The van der Waals surface area contributed by atoms with E-state index in [4.69, 9.17) is 9.47 Å². The largest absolute Gasteiger partial charge is 0.493 e. The molecule has 0 amide bonds. The Morgan fingerprint density at radius 1 is 1.44 bits per heavy atom. The molecule has 0 saturated heterocycles. The molecule has 0 aliphatic carbocycles. The molecule has 2 atom stereocenters. The smallest absolute Gasteiger partial charge is 0.122 e. The van der Waals surface area contributed by atoms with Crippen LogP contribution in [0.4, 0.5) is 0 Å². The number of benzene rings is 1. The molecule has 1 aliphatic rings. The number of hydrogen-bond acceptors (Lipinski definition) is 3. The minimum absolute atomic E-state index is 0.164. The van der Waals surface area contributed by atoms with Gasteiger partial charge in [-0.05, 0) is 37.1 Å². The van der Waals surface area contributed by atoms with Crippen LogP contribution in [0.3, 0.4) is 0 Å². The SMILES string of the molecule is CCCNC(c1ccc2c(c1)CCO2)C(C)OC. The van der Waals surface area contributed by atoms with Crippen molar-refractivity contribution in [2.75, 3.05) is 20.3 Å². The zero-order valence-corrected chi connectivity index (χ0v) is 11.5. The van der Waals surface area contributed by atoms with E-state index in [-0.39, 0.29) is 12.1 Å². The molecule has 3 nitrogen and oxygen atoms in total. The van der Waals surface area contributed by atoms with Crippen molar-refractivity contribution < 1.29 is 9.47 Å². The first-order valence-electron chi connectivity index (χ1n) is 6.78. The highest BCUT2D eigenvalue weighted by molar-refractivity contribution is 5.41. The lowest BCUT2D eigenvalue weighted by Gasteiger charge is -2.25. The zero-order chi connectivity index (χ0) is 13.0. The third-order valence-corrected chi connectivity index (χ3v) is 3.53. The topological polar surface area (TPSA) is 30.5 Å². The van der Waals surface area contributed by atoms with Crippen LogP contribution in [0.15, 0.2) is 18.2 Å². The van der Waals surface area contributed by atoms with Crippen molar-refractivity contribution in [3.8, 4) is 5.75 Å². The van der Waals surface area contributed by atoms with Crippen LogP contribution in [0.2, 0.25) is 0 Å². The maximum absolute atomic E-state index is 5.55. The Hall–Kier alpha value is -1.06. The highest BCUT2D eigenvalue weighted by atomic mass is 16.5. The maximum atomic E-state index is 5.55. The van der Waals surface area contributed by atoms with E-state index < -0.39 is 0 Å². The first-order chi connectivity index (χ1) is 8.76. The van der Waals surface area contributed by atoms with Crippen molar-refractivity contribution in [3.05, 3.63) is 29.3 Å². The Kier molecular flexibility index (Phi) is 4.61. The van der Waals surface area contributed by atoms with Gasteiger partial charge in [0.05, 0.1) is 18.8 Å². The Balaban J connectivity index is 2.18. The van der Waals surface area contributed by atoms with Crippen LogP contribution in [-0.4, -0.2) is 26.4 Å². The normalized spacial score (nSPS) is 17.1. The minimum Gasteiger partial charge on any atom is -0.493 e. The molecule has 1 heterocycles. The molecular weight excluding hydrogens is 226 g/mol. The number of ether oxygens (including phenoxy) is 2. The van der Waals surface area contributed by atoms with Gasteiger partial charge < -0.3 is 14.8 Å². The molecule has 1 aromatic carbocycles. The van der Waals surface area contributed by atoms with Gasteiger partial charge in [0.2, 0.25) is 0 Å². The van der Waals surface area contributed by atoms with E-state index in [0.29, 0.717) is 0 Å². The summed E-state index contributed by atoms with van der Waals surface area (Å²) in [5.41, 5.74) is 2.61. The Labute approximate surface area is 109 Å². The van der Waals surface area contributed by atoms with Gasteiger partial charge in [0, 0.05) is 13.5 Å². The highest BCUT2D eigenvalue weighted by Gasteiger charge is 2.21. The van der Waals surface area contributed by atoms with E-state index in [0.717, 1.165) is 31.7 Å². The lowest BCUT2D eigenvalue weighted by atomic mass is 9.99. The lowest BCUT2D eigenvalue weighted by Crippen LogP contribution is -2.32. The van der Waals surface area contributed by atoms with Crippen LogP contribution in [0, 0.1) is 0 Å². The maximum Gasteiger partial charge on any atom is 0.122 e. The second kappa shape index (κ2) is 6.21. The van der Waals surface area contributed by atoms with Gasteiger partial charge >= 0.3 is 0 Å². The molecule has 18 heavy (non-hydrogen) atoms. The molecule has 1 aromatic rings.